The summed E-state index contributed by atoms with van der Waals surface area (Å²) in [6.07, 6.45) is 1.13. The summed E-state index contributed by atoms with van der Waals surface area (Å²) in [5, 5.41) is 5.60. The van der Waals surface area contributed by atoms with E-state index in [9.17, 15) is 9.59 Å². The molecule has 114 valence electrons. The highest BCUT2D eigenvalue weighted by Gasteiger charge is 2.23. The predicted octanol–water partition coefficient (Wildman–Crippen LogP) is 1.58. The van der Waals surface area contributed by atoms with Gasteiger partial charge in [-0.15, -0.1) is 0 Å². The fourth-order valence-electron chi connectivity index (χ4n) is 2.01. The average Bonchev–Trinajstić information content (AvgIpc) is 2.99. The largest absolute Gasteiger partial charge is 0.495 e. The van der Waals surface area contributed by atoms with E-state index in [1.54, 1.807) is 18.2 Å². The fourth-order valence-corrected chi connectivity index (χ4v) is 2.27. The topological polar surface area (TPSA) is 76.7 Å². The minimum absolute atomic E-state index is 0.109. The van der Waals surface area contributed by atoms with Crippen LogP contribution in [0.1, 0.15) is 12.8 Å². The Morgan fingerprint density at radius 3 is 2.90 bits per heavy atom. The molecule has 0 radical (unpaired) electrons. The van der Waals surface area contributed by atoms with Crippen molar-refractivity contribution < 1.29 is 19.1 Å². The molecule has 0 saturated carbocycles. The van der Waals surface area contributed by atoms with Gasteiger partial charge in [-0.05, 0) is 31.0 Å². The van der Waals surface area contributed by atoms with Gasteiger partial charge < -0.3 is 20.1 Å². The van der Waals surface area contributed by atoms with Crippen molar-refractivity contribution in [3.8, 4) is 5.75 Å². The summed E-state index contributed by atoms with van der Waals surface area (Å²) in [7, 11) is 1.51. The number of benzene rings is 1. The molecule has 1 saturated heterocycles. The monoisotopic (exact) mass is 312 g/mol. The van der Waals surface area contributed by atoms with Gasteiger partial charge in [-0.3, -0.25) is 9.59 Å². The molecule has 1 unspecified atom stereocenters. The molecule has 6 nitrogen and oxygen atoms in total. The highest BCUT2D eigenvalue weighted by Crippen LogP contribution is 2.27. The molecular formula is C14H17ClN2O4. The van der Waals surface area contributed by atoms with E-state index < -0.39 is 6.10 Å². The lowest BCUT2D eigenvalue weighted by atomic mass is 10.2. The Bertz CT molecular complexity index is 530. The summed E-state index contributed by atoms with van der Waals surface area (Å²) in [6.45, 7) is 0.483. The second kappa shape index (κ2) is 7.28. The Balaban J connectivity index is 1.81. The van der Waals surface area contributed by atoms with E-state index in [0.29, 0.717) is 29.5 Å². The van der Waals surface area contributed by atoms with Gasteiger partial charge >= 0.3 is 0 Å². The van der Waals surface area contributed by atoms with Crippen LogP contribution in [0.3, 0.4) is 0 Å². The molecule has 1 heterocycles. The second-order valence-electron chi connectivity index (χ2n) is 4.62. The molecule has 21 heavy (non-hydrogen) atoms. The van der Waals surface area contributed by atoms with Crippen LogP contribution >= 0.6 is 11.6 Å². The summed E-state index contributed by atoms with van der Waals surface area (Å²) in [5.41, 5.74) is 0.539. The van der Waals surface area contributed by atoms with Crippen molar-refractivity contribution in [2.45, 2.75) is 18.9 Å². The second-order valence-corrected chi connectivity index (χ2v) is 5.02. The number of anilines is 1. The Morgan fingerprint density at radius 1 is 1.48 bits per heavy atom. The number of nitrogens with one attached hydrogen (secondary N) is 2. The summed E-state index contributed by atoms with van der Waals surface area (Å²) in [6, 6.07) is 4.91. The van der Waals surface area contributed by atoms with Crippen LogP contribution in [0.25, 0.3) is 0 Å². The van der Waals surface area contributed by atoms with Crippen LogP contribution in [-0.2, 0) is 14.3 Å². The molecule has 1 aliphatic rings. The smallest absolute Gasteiger partial charge is 0.249 e. The number of halogens is 1. The van der Waals surface area contributed by atoms with Gasteiger partial charge in [0.15, 0.2) is 0 Å². The predicted molar refractivity (Wildman–Crippen MR) is 78.6 cm³/mol. The van der Waals surface area contributed by atoms with Crippen molar-refractivity contribution in [1.29, 1.82) is 0 Å². The number of carbonyl (C=O) groups is 2. The Labute approximate surface area is 127 Å². The molecule has 1 atom stereocenters. The first kappa shape index (κ1) is 15.6. The van der Waals surface area contributed by atoms with Crippen LogP contribution in [-0.4, -0.2) is 38.2 Å². The third kappa shape index (κ3) is 4.34. The molecule has 1 aliphatic heterocycles. The molecule has 0 aliphatic carbocycles. The Kier molecular flexibility index (Phi) is 5.41. The van der Waals surface area contributed by atoms with Gasteiger partial charge in [0, 0.05) is 12.3 Å². The van der Waals surface area contributed by atoms with E-state index in [1.165, 1.54) is 7.11 Å². The first-order chi connectivity index (χ1) is 10.1. The van der Waals surface area contributed by atoms with Gasteiger partial charge in [-0.2, -0.15) is 0 Å². The number of carbonyl (C=O) groups excluding carboxylic acids is 2. The van der Waals surface area contributed by atoms with Gasteiger partial charge in [0.25, 0.3) is 0 Å². The van der Waals surface area contributed by atoms with Gasteiger partial charge in [0.2, 0.25) is 11.8 Å². The highest BCUT2D eigenvalue weighted by molar-refractivity contribution is 6.32. The number of rotatable bonds is 5. The number of ether oxygens (including phenoxy) is 2. The molecule has 1 fully saturated rings. The third-order valence-corrected chi connectivity index (χ3v) is 3.38. The molecule has 1 aromatic carbocycles. The third-order valence-electron chi connectivity index (χ3n) is 3.08. The zero-order valence-electron chi connectivity index (χ0n) is 11.6. The number of hydrogen-bond acceptors (Lipinski definition) is 4. The van der Waals surface area contributed by atoms with E-state index in [0.717, 1.165) is 6.42 Å². The lowest BCUT2D eigenvalue weighted by Crippen LogP contribution is -2.39. The standard InChI is InChI=1S/C14H17ClN2O4/c1-20-11-5-4-9(7-10(11)15)17-13(18)8-16-14(19)12-3-2-6-21-12/h4-5,7,12H,2-3,6,8H2,1H3,(H,16,19)(H,17,18). The normalized spacial score (nSPS) is 17.3. The van der Waals surface area contributed by atoms with Gasteiger partial charge in [-0.25, -0.2) is 0 Å². The molecule has 7 heteroatoms. The van der Waals surface area contributed by atoms with E-state index >= 15 is 0 Å². The van der Waals surface area contributed by atoms with Crippen LogP contribution in [0.5, 0.6) is 5.75 Å². The molecule has 2 N–H and O–H groups in total. The molecule has 0 aromatic heterocycles. The first-order valence-corrected chi connectivity index (χ1v) is 7.00. The van der Waals surface area contributed by atoms with E-state index in [4.69, 9.17) is 21.1 Å². The molecular weight excluding hydrogens is 296 g/mol. The fraction of sp³-hybridized carbons (Fsp3) is 0.429. The minimum Gasteiger partial charge on any atom is -0.495 e. The van der Waals surface area contributed by atoms with Crippen molar-refractivity contribution in [3.63, 3.8) is 0 Å². The van der Waals surface area contributed by atoms with Gasteiger partial charge in [0.05, 0.1) is 18.7 Å². The van der Waals surface area contributed by atoms with Crippen molar-refractivity contribution in [2.24, 2.45) is 0 Å². The van der Waals surface area contributed by atoms with Crippen molar-refractivity contribution >= 4 is 29.1 Å². The van der Waals surface area contributed by atoms with Crippen LogP contribution in [0.2, 0.25) is 5.02 Å². The first-order valence-electron chi connectivity index (χ1n) is 6.63. The maximum Gasteiger partial charge on any atom is 0.249 e. The van der Waals surface area contributed by atoms with E-state index in [2.05, 4.69) is 10.6 Å². The lowest BCUT2D eigenvalue weighted by molar-refractivity contribution is -0.131. The Hall–Kier alpha value is -1.79. The molecule has 2 rings (SSSR count). The van der Waals surface area contributed by atoms with E-state index in [-0.39, 0.29) is 18.4 Å². The van der Waals surface area contributed by atoms with Crippen LogP contribution < -0.4 is 15.4 Å². The van der Waals surface area contributed by atoms with Crippen LogP contribution in [0.15, 0.2) is 18.2 Å². The average molecular weight is 313 g/mol. The molecule has 1 aromatic rings. The van der Waals surface area contributed by atoms with Gasteiger partial charge in [-0.1, -0.05) is 11.6 Å². The summed E-state index contributed by atoms with van der Waals surface area (Å²) in [5.74, 6) is -0.0562. The Morgan fingerprint density at radius 2 is 2.29 bits per heavy atom. The van der Waals surface area contributed by atoms with Crippen LogP contribution in [0.4, 0.5) is 5.69 Å². The van der Waals surface area contributed by atoms with Gasteiger partial charge in [0.1, 0.15) is 11.9 Å². The molecule has 2 amide bonds. The van der Waals surface area contributed by atoms with Crippen molar-refractivity contribution in [3.05, 3.63) is 23.2 Å². The van der Waals surface area contributed by atoms with E-state index in [1.807, 2.05) is 0 Å². The SMILES string of the molecule is COc1ccc(NC(=O)CNC(=O)C2CCCO2)cc1Cl. The maximum absolute atomic E-state index is 11.8. The maximum atomic E-state index is 11.8. The molecule has 0 spiro atoms. The quantitative estimate of drug-likeness (QED) is 0.865. The summed E-state index contributed by atoms with van der Waals surface area (Å²) < 4.78 is 10.3. The number of methoxy groups -OCH3 is 1. The highest BCUT2D eigenvalue weighted by atomic mass is 35.5. The molecule has 0 bridgehead atoms. The van der Waals surface area contributed by atoms with Crippen LogP contribution in [0, 0.1) is 0 Å². The zero-order valence-corrected chi connectivity index (χ0v) is 12.4. The minimum atomic E-state index is -0.437. The van der Waals surface area contributed by atoms with Crippen molar-refractivity contribution in [1.82, 2.24) is 5.32 Å². The summed E-state index contributed by atoms with van der Waals surface area (Å²) >= 11 is 5.96. The zero-order chi connectivity index (χ0) is 15.2. The lowest BCUT2D eigenvalue weighted by Gasteiger charge is -2.11. The summed E-state index contributed by atoms with van der Waals surface area (Å²) in [4.78, 5) is 23.4. The number of amides is 2. The van der Waals surface area contributed by atoms with Crippen molar-refractivity contribution in [2.75, 3.05) is 25.6 Å². The number of hydrogen-bond donors (Lipinski definition) is 2.